The van der Waals surface area contributed by atoms with Gasteiger partial charge in [0.05, 0.1) is 22.6 Å². The van der Waals surface area contributed by atoms with E-state index in [-0.39, 0.29) is 10.5 Å². The molecule has 0 radical (unpaired) electrons. The van der Waals surface area contributed by atoms with Crippen molar-refractivity contribution in [1.29, 1.82) is 10.5 Å². The lowest BCUT2D eigenvalue weighted by Crippen LogP contribution is -2.09. The van der Waals surface area contributed by atoms with E-state index >= 15 is 0 Å². The summed E-state index contributed by atoms with van der Waals surface area (Å²) in [5.41, 5.74) is 5.06. The molecule has 4 unspecified atom stereocenters. The number of nitrogens with zero attached hydrogens (tertiary/aromatic N) is 2. The van der Waals surface area contributed by atoms with E-state index in [1.54, 1.807) is 23.5 Å². The SMILES string of the molecule is Cc1c(O)c(C)c(C2SC2(C)C#N)c(C)c1C1SC1(C)C#N. The Morgan fingerprint density at radius 2 is 1.23 bits per heavy atom. The van der Waals surface area contributed by atoms with Crippen molar-refractivity contribution in [3.05, 3.63) is 27.8 Å². The van der Waals surface area contributed by atoms with Crippen LogP contribution in [0.2, 0.25) is 0 Å². The summed E-state index contributed by atoms with van der Waals surface area (Å²) in [7, 11) is 0. The minimum Gasteiger partial charge on any atom is -0.507 e. The molecule has 114 valence electrons. The van der Waals surface area contributed by atoms with Crippen LogP contribution in [0.4, 0.5) is 0 Å². The molecule has 2 fully saturated rings. The number of phenols is 1. The quantitative estimate of drug-likeness (QED) is 0.811. The van der Waals surface area contributed by atoms with Crippen molar-refractivity contribution in [3.8, 4) is 17.9 Å². The van der Waals surface area contributed by atoms with Gasteiger partial charge in [-0.15, -0.1) is 23.5 Å². The highest BCUT2D eigenvalue weighted by Crippen LogP contribution is 2.69. The zero-order chi connectivity index (χ0) is 16.4. The number of nitriles is 2. The fourth-order valence-electron chi connectivity index (χ4n) is 3.29. The molecule has 0 aliphatic carbocycles. The Kier molecular flexibility index (Phi) is 3.26. The second-order valence-corrected chi connectivity index (χ2v) is 9.59. The van der Waals surface area contributed by atoms with E-state index in [9.17, 15) is 15.6 Å². The lowest BCUT2D eigenvalue weighted by atomic mass is 9.85. The molecule has 4 atom stereocenters. The highest BCUT2D eigenvalue weighted by atomic mass is 32.2. The summed E-state index contributed by atoms with van der Waals surface area (Å²) >= 11 is 3.27. The third-order valence-electron chi connectivity index (χ3n) is 4.91. The zero-order valence-corrected chi connectivity index (χ0v) is 14.9. The van der Waals surface area contributed by atoms with Crippen LogP contribution in [0.5, 0.6) is 5.75 Å². The van der Waals surface area contributed by atoms with E-state index < -0.39 is 9.49 Å². The summed E-state index contributed by atoms with van der Waals surface area (Å²) in [6.07, 6.45) is 0. The fourth-order valence-corrected chi connectivity index (χ4v) is 5.52. The summed E-state index contributed by atoms with van der Waals surface area (Å²) in [5.74, 6) is 0.316. The normalized spacial score (nSPS) is 35.6. The fraction of sp³-hybridized carbons (Fsp3) is 0.529. The van der Waals surface area contributed by atoms with Crippen LogP contribution in [0, 0.1) is 43.4 Å². The van der Waals surface area contributed by atoms with E-state index in [0.717, 1.165) is 27.8 Å². The van der Waals surface area contributed by atoms with E-state index in [0.29, 0.717) is 5.75 Å². The first-order valence-corrected chi connectivity index (χ1v) is 8.96. The maximum atomic E-state index is 10.5. The summed E-state index contributed by atoms with van der Waals surface area (Å²) in [6, 6.07) is 4.74. The average molecular weight is 330 g/mol. The van der Waals surface area contributed by atoms with Crippen molar-refractivity contribution >= 4 is 23.5 Å². The van der Waals surface area contributed by atoms with Gasteiger partial charge in [-0.3, -0.25) is 0 Å². The first kappa shape index (κ1) is 15.6. The Morgan fingerprint density at radius 1 is 0.864 bits per heavy atom. The molecule has 1 aromatic carbocycles. The Labute approximate surface area is 139 Å². The van der Waals surface area contributed by atoms with Crippen LogP contribution in [-0.4, -0.2) is 14.6 Å². The van der Waals surface area contributed by atoms with Crippen LogP contribution in [0.25, 0.3) is 0 Å². The molecule has 1 N–H and O–H groups in total. The van der Waals surface area contributed by atoms with Crippen molar-refractivity contribution in [3.63, 3.8) is 0 Å². The van der Waals surface area contributed by atoms with E-state index in [2.05, 4.69) is 19.1 Å². The van der Waals surface area contributed by atoms with E-state index in [1.807, 2.05) is 27.7 Å². The lowest BCUT2D eigenvalue weighted by molar-refractivity contribution is 0.464. The Morgan fingerprint density at radius 3 is 1.50 bits per heavy atom. The Balaban J connectivity index is 2.17. The van der Waals surface area contributed by atoms with Crippen molar-refractivity contribution < 1.29 is 5.11 Å². The van der Waals surface area contributed by atoms with Gasteiger partial charge in [-0.1, -0.05) is 0 Å². The molecule has 3 nitrogen and oxygen atoms in total. The van der Waals surface area contributed by atoms with Crippen molar-refractivity contribution in [2.75, 3.05) is 0 Å². The molecule has 2 heterocycles. The van der Waals surface area contributed by atoms with Gasteiger partial charge in [-0.25, -0.2) is 0 Å². The number of benzene rings is 1. The molecule has 2 aliphatic rings. The van der Waals surface area contributed by atoms with Crippen LogP contribution in [0.15, 0.2) is 0 Å². The highest BCUT2D eigenvalue weighted by molar-refractivity contribution is 8.08. The summed E-state index contributed by atoms with van der Waals surface area (Å²) in [6.45, 7) is 9.81. The van der Waals surface area contributed by atoms with Crippen LogP contribution >= 0.6 is 23.5 Å². The average Bonchev–Trinajstić information content (AvgIpc) is 3.35. The second-order valence-electron chi connectivity index (χ2n) is 6.48. The summed E-state index contributed by atoms with van der Waals surface area (Å²) < 4.78 is -0.798. The van der Waals surface area contributed by atoms with Gasteiger partial charge in [0.2, 0.25) is 0 Å². The van der Waals surface area contributed by atoms with Crippen LogP contribution < -0.4 is 0 Å². The number of hydrogen-bond donors (Lipinski definition) is 1. The van der Waals surface area contributed by atoms with E-state index in [4.69, 9.17) is 0 Å². The first-order valence-electron chi connectivity index (χ1n) is 7.21. The van der Waals surface area contributed by atoms with Gasteiger partial charge >= 0.3 is 0 Å². The Hall–Kier alpha value is -1.30. The van der Waals surface area contributed by atoms with E-state index in [1.165, 1.54) is 0 Å². The number of aromatic hydroxyl groups is 1. The third-order valence-corrected chi connectivity index (χ3v) is 7.92. The standard InChI is InChI=1S/C17H18N2OS2/c1-8-11(14-16(4,6-18)21-14)9(2)13(20)10(3)12(8)15-17(5,7-19)22-15/h14-15,20H,1-5H3. The molecule has 0 aromatic heterocycles. The summed E-state index contributed by atoms with van der Waals surface area (Å²) in [4.78, 5) is 0. The molecular weight excluding hydrogens is 312 g/mol. The molecule has 0 bridgehead atoms. The van der Waals surface area contributed by atoms with Crippen molar-refractivity contribution in [1.82, 2.24) is 0 Å². The molecule has 0 saturated carbocycles. The van der Waals surface area contributed by atoms with Crippen LogP contribution in [0.3, 0.4) is 0 Å². The van der Waals surface area contributed by atoms with Gasteiger partial charge in [0.15, 0.2) is 0 Å². The van der Waals surface area contributed by atoms with Crippen LogP contribution in [0.1, 0.15) is 52.2 Å². The number of hydrogen-bond acceptors (Lipinski definition) is 5. The molecule has 1 aromatic rings. The molecule has 0 spiro atoms. The maximum absolute atomic E-state index is 10.5. The van der Waals surface area contributed by atoms with Gasteiger partial charge in [0.25, 0.3) is 0 Å². The smallest absolute Gasteiger partial charge is 0.122 e. The van der Waals surface area contributed by atoms with Gasteiger partial charge in [-0.2, -0.15) is 10.5 Å². The first-order chi connectivity index (χ1) is 10.2. The largest absolute Gasteiger partial charge is 0.507 e. The molecule has 3 rings (SSSR count). The third kappa shape index (κ3) is 1.96. The van der Waals surface area contributed by atoms with Crippen molar-refractivity contribution in [2.45, 2.75) is 54.6 Å². The van der Waals surface area contributed by atoms with Gasteiger partial charge < -0.3 is 5.11 Å². The molecule has 5 heteroatoms. The predicted molar refractivity (Wildman–Crippen MR) is 91.0 cm³/mol. The van der Waals surface area contributed by atoms with Gasteiger partial charge in [0, 0.05) is 0 Å². The second kappa shape index (κ2) is 4.60. The number of phenolic OH excluding ortho intramolecular Hbond substituents is 1. The minimum atomic E-state index is -0.399. The van der Waals surface area contributed by atoms with Crippen molar-refractivity contribution in [2.24, 2.45) is 0 Å². The summed E-state index contributed by atoms with van der Waals surface area (Å²) in [5, 5.41) is 29.4. The monoisotopic (exact) mass is 330 g/mol. The number of thioether (sulfide) groups is 2. The molecule has 22 heavy (non-hydrogen) atoms. The predicted octanol–water partition coefficient (Wildman–Crippen LogP) is 4.46. The molecule has 0 amide bonds. The molecule has 2 saturated heterocycles. The topological polar surface area (TPSA) is 67.8 Å². The van der Waals surface area contributed by atoms with Gasteiger partial charge in [0.1, 0.15) is 15.2 Å². The lowest BCUT2D eigenvalue weighted by Gasteiger charge is -2.19. The van der Waals surface area contributed by atoms with Gasteiger partial charge in [-0.05, 0) is 62.4 Å². The highest BCUT2D eigenvalue weighted by Gasteiger charge is 2.57. The molecule has 2 aliphatic heterocycles. The maximum Gasteiger partial charge on any atom is 0.122 e. The zero-order valence-electron chi connectivity index (χ0n) is 13.3. The number of rotatable bonds is 2. The Bertz CT molecular complexity index is 715. The molecular formula is C17H18N2OS2. The minimum absolute atomic E-state index is 0.111. The van der Waals surface area contributed by atoms with Crippen LogP contribution in [-0.2, 0) is 0 Å².